The molecule has 0 bridgehead atoms. The van der Waals surface area contributed by atoms with Gasteiger partial charge in [-0.15, -0.1) is 0 Å². The summed E-state index contributed by atoms with van der Waals surface area (Å²) >= 11 is 0. The van der Waals surface area contributed by atoms with Gasteiger partial charge < -0.3 is 10.6 Å². The second kappa shape index (κ2) is 6.37. The highest BCUT2D eigenvalue weighted by Crippen LogP contribution is 2.16. The van der Waals surface area contributed by atoms with Crippen LogP contribution in [0.4, 0.5) is 11.6 Å². The van der Waals surface area contributed by atoms with Gasteiger partial charge in [-0.2, -0.15) is 0 Å². The van der Waals surface area contributed by atoms with E-state index in [2.05, 4.69) is 53.0 Å². The van der Waals surface area contributed by atoms with Crippen LogP contribution in [0.1, 0.15) is 30.3 Å². The first-order valence-electron chi connectivity index (χ1n) is 6.98. The number of hydrogen-bond acceptors (Lipinski definition) is 4. The Morgan fingerprint density at radius 1 is 1.15 bits per heavy atom. The molecule has 2 N–H and O–H groups in total. The van der Waals surface area contributed by atoms with E-state index in [1.165, 1.54) is 11.1 Å². The SMILES string of the molecule is CCCc1nc(N)cc(N(C)Cc2ccc(C)cc2)n1. The Morgan fingerprint density at radius 3 is 2.50 bits per heavy atom. The second-order valence-electron chi connectivity index (χ2n) is 5.16. The van der Waals surface area contributed by atoms with Crippen LogP contribution < -0.4 is 10.6 Å². The molecular weight excluding hydrogens is 248 g/mol. The van der Waals surface area contributed by atoms with E-state index in [1.54, 1.807) is 0 Å². The van der Waals surface area contributed by atoms with Gasteiger partial charge in [-0.05, 0) is 18.9 Å². The predicted octanol–water partition coefficient (Wildman–Crippen LogP) is 2.96. The van der Waals surface area contributed by atoms with Crippen LogP contribution in [-0.4, -0.2) is 17.0 Å². The Labute approximate surface area is 120 Å². The number of nitrogens with zero attached hydrogens (tertiary/aromatic N) is 3. The summed E-state index contributed by atoms with van der Waals surface area (Å²) in [5.41, 5.74) is 8.39. The maximum atomic E-state index is 5.86. The van der Waals surface area contributed by atoms with E-state index in [9.17, 15) is 0 Å². The molecule has 0 radical (unpaired) electrons. The average molecular weight is 270 g/mol. The van der Waals surface area contributed by atoms with Crippen molar-refractivity contribution in [2.75, 3.05) is 17.7 Å². The van der Waals surface area contributed by atoms with E-state index in [0.29, 0.717) is 5.82 Å². The lowest BCUT2D eigenvalue weighted by Gasteiger charge is -2.19. The molecule has 1 heterocycles. The molecule has 4 nitrogen and oxygen atoms in total. The minimum Gasteiger partial charge on any atom is -0.384 e. The molecule has 0 fully saturated rings. The van der Waals surface area contributed by atoms with Gasteiger partial charge in [0.15, 0.2) is 0 Å². The second-order valence-corrected chi connectivity index (χ2v) is 5.16. The molecule has 4 heteroatoms. The molecule has 106 valence electrons. The Bertz CT molecular complexity index is 563. The Balaban J connectivity index is 2.15. The summed E-state index contributed by atoms with van der Waals surface area (Å²) in [6.07, 6.45) is 1.88. The standard InChI is InChI=1S/C16H22N4/c1-4-5-15-18-14(17)10-16(19-15)20(3)11-13-8-6-12(2)7-9-13/h6-10H,4-5,11H2,1-3H3,(H2,17,18,19). The topological polar surface area (TPSA) is 55.0 Å². The fraction of sp³-hybridized carbons (Fsp3) is 0.375. The first kappa shape index (κ1) is 14.3. The molecule has 20 heavy (non-hydrogen) atoms. The number of aryl methyl sites for hydroxylation is 2. The molecule has 1 aromatic carbocycles. The van der Waals surface area contributed by atoms with Crippen LogP contribution >= 0.6 is 0 Å². The van der Waals surface area contributed by atoms with Crippen LogP contribution in [0.15, 0.2) is 30.3 Å². The minimum atomic E-state index is 0.536. The van der Waals surface area contributed by atoms with Crippen molar-refractivity contribution in [3.8, 4) is 0 Å². The highest BCUT2D eigenvalue weighted by atomic mass is 15.2. The Morgan fingerprint density at radius 2 is 1.85 bits per heavy atom. The zero-order valence-electron chi connectivity index (χ0n) is 12.4. The Hall–Kier alpha value is -2.10. The van der Waals surface area contributed by atoms with Gasteiger partial charge in [-0.1, -0.05) is 36.8 Å². The monoisotopic (exact) mass is 270 g/mol. The molecule has 0 aliphatic heterocycles. The summed E-state index contributed by atoms with van der Waals surface area (Å²) in [7, 11) is 2.03. The molecule has 2 rings (SSSR count). The van der Waals surface area contributed by atoms with Crippen molar-refractivity contribution >= 4 is 11.6 Å². The third kappa shape index (κ3) is 3.70. The van der Waals surface area contributed by atoms with Crippen LogP contribution in [-0.2, 0) is 13.0 Å². The predicted molar refractivity (Wildman–Crippen MR) is 83.7 cm³/mol. The summed E-state index contributed by atoms with van der Waals surface area (Å²) < 4.78 is 0. The lowest BCUT2D eigenvalue weighted by Crippen LogP contribution is -2.19. The lowest BCUT2D eigenvalue weighted by atomic mass is 10.1. The van der Waals surface area contributed by atoms with Crippen LogP contribution in [0.5, 0.6) is 0 Å². The van der Waals surface area contributed by atoms with E-state index in [4.69, 9.17) is 5.73 Å². The molecule has 0 atom stereocenters. The summed E-state index contributed by atoms with van der Waals surface area (Å²) in [6.45, 7) is 5.01. The van der Waals surface area contributed by atoms with Gasteiger partial charge in [0.05, 0.1) is 0 Å². The highest BCUT2D eigenvalue weighted by molar-refractivity contribution is 5.47. The van der Waals surface area contributed by atoms with Crippen molar-refractivity contribution in [3.05, 3.63) is 47.3 Å². The van der Waals surface area contributed by atoms with Gasteiger partial charge in [0.2, 0.25) is 0 Å². The number of hydrogen-bond donors (Lipinski definition) is 1. The fourth-order valence-electron chi connectivity index (χ4n) is 2.08. The molecule has 0 amide bonds. The minimum absolute atomic E-state index is 0.536. The van der Waals surface area contributed by atoms with Crippen LogP contribution in [0.2, 0.25) is 0 Å². The molecule has 2 aromatic rings. The van der Waals surface area contributed by atoms with Crippen LogP contribution in [0, 0.1) is 6.92 Å². The Kier molecular flexibility index (Phi) is 4.56. The van der Waals surface area contributed by atoms with Crippen molar-refractivity contribution in [2.45, 2.75) is 33.2 Å². The van der Waals surface area contributed by atoms with E-state index in [0.717, 1.165) is 31.0 Å². The first-order valence-corrected chi connectivity index (χ1v) is 6.98. The first-order chi connectivity index (χ1) is 9.58. The summed E-state index contributed by atoms with van der Waals surface area (Å²) in [6, 6.07) is 10.4. The number of anilines is 2. The smallest absolute Gasteiger partial charge is 0.134 e. The van der Waals surface area contributed by atoms with Gasteiger partial charge in [0.25, 0.3) is 0 Å². The molecule has 0 unspecified atom stereocenters. The number of nitrogens with two attached hydrogens (primary N) is 1. The quantitative estimate of drug-likeness (QED) is 0.907. The van der Waals surface area contributed by atoms with Crippen molar-refractivity contribution in [2.24, 2.45) is 0 Å². The lowest BCUT2D eigenvalue weighted by molar-refractivity contribution is 0.815. The molecule has 0 saturated carbocycles. The van der Waals surface area contributed by atoms with Gasteiger partial charge in [-0.3, -0.25) is 0 Å². The largest absolute Gasteiger partial charge is 0.384 e. The zero-order chi connectivity index (χ0) is 14.5. The van der Waals surface area contributed by atoms with E-state index >= 15 is 0 Å². The molecule has 0 spiro atoms. The van der Waals surface area contributed by atoms with Gasteiger partial charge >= 0.3 is 0 Å². The van der Waals surface area contributed by atoms with E-state index in [-0.39, 0.29) is 0 Å². The maximum Gasteiger partial charge on any atom is 0.134 e. The molecular formula is C16H22N4. The van der Waals surface area contributed by atoms with Crippen LogP contribution in [0.25, 0.3) is 0 Å². The third-order valence-electron chi connectivity index (χ3n) is 3.18. The number of aromatic nitrogens is 2. The highest BCUT2D eigenvalue weighted by Gasteiger charge is 2.07. The normalized spacial score (nSPS) is 10.6. The number of rotatable bonds is 5. The maximum absolute atomic E-state index is 5.86. The fourth-order valence-corrected chi connectivity index (χ4v) is 2.08. The van der Waals surface area contributed by atoms with Crippen molar-refractivity contribution in [1.82, 2.24) is 9.97 Å². The van der Waals surface area contributed by atoms with Crippen LogP contribution in [0.3, 0.4) is 0 Å². The van der Waals surface area contributed by atoms with E-state index < -0.39 is 0 Å². The van der Waals surface area contributed by atoms with Crippen molar-refractivity contribution < 1.29 is 0 Å². The third-order valence-corrected chi connectivity index (χ3v) is 3.18. The van der Waals surface area contributed by atoms with Crippen molar-refractivity contribution in [1.29, 1.82) is 0 Å². The van der Waals surface area contributed by atoms with Gasteiger partial charge in [0.1, 0.15) is 17.5 Å². The van der Waals surface area contributed by atoms with Gasteiger partial charge in [-0.25, -0.2) is 9.97 Å². The number of nitrogen functional groups attached to an aromatic ring is 1. The van der Waals surface area contributed by atoms with Gasteiger partial charge in [0, 0.05) is 26.1 Å². The number of benzene rings is 1. The summed E-state index contributed by atoms with van der Waals surface area (Å²) in [4.78, 5) is 10.9. The molecule has 1 aromatic heterocycles. The van der Waals surface area contributed by atoms with Crippen molar-refractivity contribution in [3.63, 3.8) is 0 Å². The average Bonchev–Trinajstić information content (AvgIpc) is 2.41. The summed E-state index contributed by atoms with van der Waals surface area (Å²) in [5.74, 6) is 2.23. The van der Waals surface area contributed by atoms with E-state index in [1.807, 2.05) is 13.1 Å². The molecule has 0 aliphatic carbocycles. The molecule has 0 aliphatic rings. The summed E-state index contributed by atoms with van der Waals surface area (Å²) in [5, 5.41) is 0. The molecule has 0 saturated heterocycles. The zero-order valence-corrected chi connectivity index (χ0v) is 12.4.